The van der Waals surface area contributed by atoms with Gasteiger partial charge in [0.1, 0.15) is 0 Å². The van der Waals surface area contributed by atoms with Gasteiger partial charge in [-0.3, -0.25) is 0 Å². The number of hydrogen-bond donors (Lipinski definition) is 2. The zero-order chi connectivity index (χ0) is 19.8. The number of halogens is 3. The highest BCUT2D eigenvalue weighted by atomic mass is 35.5. The van der Waals surface area contributed by atoms with Gasteiger partial charge < -0.3 is 15.4 Å². The van der Waals surface area contributed by atoms with Gasteiger partial charge in [0.05, 0.1) is 23.4 Å². The van der Waals surface area contributed by atoms with Crippen LogP contribution < -0.4 is 10.6 Å². The molecule has 2 N–H and O–H groups in total. The van der Waals surface area contributed by atoms with E-state index in [1.165, 1.54) is 7.11 Å². The molecule has 0 spiro atoms. The summed E-state index contributed by atoms with van der Waals surface area (Å²) in [4.78, 5) is 11.6. The number of nitrogens with one attached hydrogen (secondary N) is 2. The molecule has 0 aromatic heterocycles. The molecule has 0 amide bonds. The molecule has 0 radical (unpaired) electrons. The van der Waals surface area contributed by atoms with Gasteiger partial charge in [0.2, 0.25) is 0 Å². The van der Waals surface area contributed by atoms with E-state index in [0.29, 0.717) is 38.0 Å². The first-order valence-electron chi connectivity index (χ1n) is 7.85. The van der Waals surface area contributed by atoms with Crippen molar-refractivity contribution in [3.8, 4) is 0 Å². The standard InChI is InChI=1S/C18H17Cl3N2O2S2/c1-25-17(24)11-3-5-14(20)16(8-11)23-18(26)22-6-7-27-10-12-2-4-13(19)9-15(12)21/h2-5,8-9H,6-7,10H2,1H3,(H2,22,23,26). The predicted molar refractivity (Wildman–Crippen MR) is 120 cm³/mol. The molecular formula is C18H17Cl3N2O2S2. The predicted octanol–water partition coefficient (Wildman–Crippen LogP) is 5.65. The Hall–Kier alpha value is -1.18. The van der Waals surface area contributed by atoms with Gasteiger partial charge in [-0.1, -0.05) is 40.9 Å². The van der Waals surface area contributed by atoms with Crippen molar-refractivity contribution in [2.75, 3.05) is 24.7 Å². The molecule has 9 heteroatoms. The van der Waals surface area contributed by atoms with Crippen LogP contribution in [0.3, 0.4) is 0 Å². The minimum Gasteiger partial charge on any atom is -0.465 e. The Balaban J connectivity index is 1.77. The fourth-order valence-electron chi connectivity index (χ4n) is 2.09. The van der Waals surface area contributed by atoms with Crippen LogP contribution in [0.5, 0.6) is 0 Å². The van der Waals surface area contributed by atoms with Crippen molar-refractivity contribution in [1.82, 2.24) is 5.32 Å². The number of anilines is 1. The minimum atomic E-state index is -0.439. The third-order valence-corrected chi connectivity index (χ3v) is 5.61. The Bertz CT molecular complexity index is 834. The van der Waals surface area contributed by atoms with Crippen molar-refractivity contribution >= 4 is 75.6 Å². The third kappa shape index (κ3) is 7.05. The molecule has 0 saturated heterocycles. The van der Waals surface area contributed by atoms with E-state index >= 15 is 0 Å². The summed E-state index contributed by atoms with van der Waals surface area (Å²) in [7, 11) is 1.32. The topological polar surface area (TPSA) is 50.4 Å². The first-order chi connectivity index (χ1) is 12.9. The Labute approximate surface area is 182 Å². The van der Waals surface area contributed by atoms with Crippen LogP contribution >= 0.6 is 58.8 Å². The number of hydrogen-bond acceptors (Lipinski definition) is 4. The molecule has 2 aromatic carbocycles. The molecule has 2 aromatic rings. The molecule has 4 nitrogen and oxygen atoms in total. The number of thiocarbonyl (C=S) groups is 1. The highest BCUT2D eigenvalue weighted by Gasteiger charge is 2.10. The number of methoxy groups -OCH3 is 1. The second-order valence-corrected chi connectivity index (χ2v) is 8.12. The lowest BCUT2D eigenvalue weighted by atomic mass is 10.2. The third-order valence-electron chi connectivity index (χ3n) is 3.44. The number of rotatable bonds is 7. The maximum Gasteiger partial charge on any atom is 0.337 e. The van der Waals surface area contributed by atoms with E-state index in [1.54, 1.807) is 36.0 Å². The van der Waals surface area contributed by atoms with Crippen LogP contribution in [0.25, 0.3) is 0 Å². The van der Waals surface area contributed by atoms with E-state index in [-0.39, 0.29) is 0 Å². The maximum atomic E-state index is 11.6. The monoisotopic (exact) mass is 462 g/mol. The summed E-state index contributed by atoms with van der Waals surface area (Å²) in [6, 6.07) is 10.3. The second kappa shape index (κ2) is 11.0. The van der Waals surface area contributed by atoms with E-state index in [1.807, 2.05) is 12.1 Å². The molecular weight excluding hydrogens is 447 g/mol. The fourth-order valence-corrected chi connectivity index (χ4v) is 3.88. The van der Waals surface area contributed by atoms with E-state index in [0.717, 1.165) is 17.1 Å². The summed E-state index contributed by atoms with van der Waals surface area (Å²) in [6.45, 7) is 0.663. The van der Waals surface area contributed by atoms with Crippen molar-refractivity contribution in [2.24, 2.45) is 0 Å². The molecule has 0 aliphatic rings. The van der Waals surface area contributed by atoms with Crippen LogP contribution in [0.1, 0.15) is 15.9 Å². The molecule has 0 unspecified atom stereocenters. The summed E-state index contributed by atoms with van der Waals surface area (Å²) in [5.74, 6) is 1.17. The van der Waals surface area contributed by atoms with Crippen LogP contribution in [0.15, 0.2) is 36.4 Å². The molecule has 27 heavy (non-hydrogen) atoms. The van der Waals surface area contributed by atoms with Crippen LogP contribution in [-0.4, -0.2) is 30.5 Å². The summed E-state index contributed by atoms with van der Waals surface area (Å²) in [5, 5.41) is 8.26. The van der Waals surface area contributed by atoms with Gasteiger partial charge in [-0.05, 0) is 48.1 Å². The van der Waals surface area contributed by atoms with E-state index in [9.17, 15) is 4.79 Å². The highest BCUT2D eigenvalue weighted by molar-refractivity contribution is 7.98. The van der Waals surface area contributed by atoms with Gasteiger partial charge in [0.15, 0.2) is 5.11 Å². The number of esters is 1. The van der Waals surface area contributed by atoms with Gasteiger partial charge in [0, 0.05) is 28.1 Å². The average molecular weight is 464 g/mol. The Morgan fingerprint density at radius 2 is 1.93 bits per heavy atom. The molecule has 0 aliphatic carbocycles. The Morgan fingerprint density at radius 1 is 1.15 bits per heavy atom. The minimum absolute atomic E-state index is 0.391. The van der Waals surface area contributed by atoms with Crippen molar-refractivity contribution < 1.29 is 9.53 Å². The fraction of sp³-hybridized carbons (Fsp3) is 0.222. The average Bonchev–Trinajstić information content (AvgIpc) is 2.64. The second-order valence-electron chi connectivity index (χ2n) is 5.36. The van der Waals surface area contributed by atoms with Crippen LogP contribution in [-0.2, 0) is 10.5 Å². The Morgan fingerprint density at radius 3 is 2.63 bits per heavy atom. The lowest BCUT2D eigenvalue weighted by molar-refractivity contribution is 0.0601. The van der Waals surface area contributed by atoms with Crippen molar-refractivity contribution in [2.45, 2.75) is 5.75 Å². The van der Waals surface area contributed by atoms with Gasteiger partial charge in [-0.15, -0.1) is 0 Å². The van der Waals surface area contributed by atoms with Crippen LogP contribution in [0.4, 0.5) is 5.69 Å². The number of ether oxygens (including phenoxy) is 1. The molecule has 0 saturated carbocycles. The first-order valence-corrected chi connectivity index (χ1v) is 10.5. The lowest BCUT2D eigenvalue weighted by Crippen LogP contribution is -2.30. The molecule has 0 bridgehead atoms. The molecule has 0 aliphatic heterocycles. The number of carbonyl (C=O) groups excluding carboxylic acids is 1. The molecule has 144 valence electrons. The summed E-state index contributed by atoms with van der Waals surface area (Å²) in [6.07, 6.45) is 0. The van der Waals surface area contributed by atoms with Gasteiger partial charge in [-0.2, -0.15) is 11.8 Å². The Kier molecular flexibility index (Phi) is 8.99. The number of thioether (sulfide) groups is 1. The number of benzene rings is 2. The van der Waals surface area contributed by atoms with Gasteiger partial charge in [-0.25, -0.2) is 4.79 Å². The zero-order valence-electron chi connectivity index (χ0n) is 14.4. The first kappa shape index (κ1) is 22.1. The zero-order valence-corrected chi connectivity index (χ0v) is 18.3. The van der Waals surface area contributed by atoms with Crippen molar-refractivity contribution in [3.05, 3.63) is 62.6 Å². The van der Waals surface area contributed by atoms with Gasteiger partial charge >= 0.3 is 5.97 Å². The van der Waals surface area contributed by atoms with Crippen molar-refractivity contribution in [1.29, 1.82) is 0 Å². The SMILES string of the molecule is COC(=O)c1ccc(Cl)c(NC(=S)NCCSCc2ccc(Cl)cc2Cl)c1. The normalized spacial score (nSPS) is 10.4. The molecule has 0 fully saturated rings. The summed E-state index contributed by atoms with van der Waals surface area (Å²) < 4.78 is 4.70. The largest absolute Gasteiger partial charge is 0.465 e. The van der Waals surface area contributed by atoms with Crippen molar-refractivity contribution in [3.63, 3.8) is 0 Å². The van der Waals surface area contributed by atoms with Crippen LogP contribution in [0, 0.1) is 0 Å². The molecule has 0 heterocycles. The summed E-state index contributed by atoms with van der Waals surface area (Å²) in [5.41, 5.74) is 1.97. The summed E-state index contributed by atoms with van der Waals surface area (Å²) >= 11 is 25.2. The molecule has 2 rings (SSSR count). The van der Waals surface area contributed by atoms with E-state index in [2.05, 4.69) is 10.6 Å². The van der Waals surface area contributed by atoms with Crippen LogP contribution in [0.2, 0.25) is 15.1 Å². The smallest absolute Gasteiger partial charge is 0.337 e. The van der Waals surface area contributed by atoms with E-state index < -0.39 is 5.97 Å². The quantitative estimate of drug-likeness (QED) is 0.314. The molecule has 0 atom stereocenters. The highest BCUT2D eigenvalue weighted by Crippen LogP contribution is 2.25. The van der Waals surface area contributed by atoms with E-state index in [4.69, 9.17) is 51.8 Å². The lowest BCUT2D eigenvalue weighted by Gasteiger charge is -2.12. The van der Waals surface area contributed by atoms with Gasteiger partial charge in [0.25, 0.3) is 0 Å². The maximum absolute atomic E-state index is 11.6. The number of carbonyl (C=O) groups is 1.